The molecule has 4 rings (SSSR count). The number of fused-ring (bicyclic) bond motifs is 3. The average molecular weight is 664 g/mol. The predicted molar refractivity (Wildman–Crippen MR) is 174 cm³/mol. The fourth-order valence-corrected chi connectivity index (χ4v) is 5.94. The largest absolute Gasteiger partial charge is 0.449 e. The number of anilines is 1. The van der Waals surface area contributed by atoms with E-state index in [2.05, 4.69) is 44.0 Å². The molecule has 0 spiro atoms. The first-order valence-electron chi connectivity index (χ1n) is 14.8. The van der Waals surface area contributed by atoms with Crippen molar-refractivity contribution in [2.75, 3.05) is 18.5 Å². The highest BCUT2D eigenvalue weighted by Gasteiger charge is 2.32. The van der Waals surface area contributed by atoms with Crippen LogP contribution in [0, 0.1) is 11.8 Å². The number of hydrogen-bond acceptors (Lipinski definition) is 5. The van der Waals surface area contributed by atoms with Crippen molar-refractivity contribution < 1.29 is 23.9 Å². The van der Waals surface area contributed by atoms with Crippen LogP contribution < -0.4 is 21.7 Å². The molecule has 1 aliphatic rings. The van der Waals surface area contributed by atoms with Gasteiger partial charge in [-0.15, -0.1) is 0 Å². The molecule has 0 fully saturated rings. The zero-order valence-corrected chi connectivity index (χ0v) is 26.6. The van der Waals surface area contributed by atoms with E-state index in [-0.39, 0.29) is 43.1 Å². The molecule has 0 bridgehead atoms. The molecule has 44 heavy (non-hydrogen) atoms. The van der Waals surface area contributed by atoms with Crippen LogP contribution in [0.5, 0.6) is 0 Å². The van der Waals surface area contributed by atoms with Gasteiger partial charge in [0.05, 0.1) is 6.04 Å². The molecular weight excluding hydrogens is 624 g/mol. The first kappa shape index (κ1) is 32.7. The number of primary amides is 1. The molecule has 9 nitrogen and oxygen atoms in total. The first-order valence-corrected chi connectivity index (χ1v) is 15.9. The second kappa shape index (κ2) is 15.5. The molecule has 5 N–H and O–H groups in total. The topological polar surface area (TPSA) is 140 Å². The zero-order chi connectivity index (χ0) is 31.6. The summed E-state index contributed by atoms with van der Waals surface area (Å²) in [6, 6.07) is 22.1. The Kier molecular flexibility index (Phi) is 11.5. The number of nitrogens with two attached hydrogens (primary N) is 1. The number of halogens is 1. The lowest BCUT2D eigenvalue weighted by Gasteiger charge is -2.24. The molecule has 0 radical (unpaired) electrons. The van der Waals surface area contributed by atoms with E-state index in [0.717, 1.165) is 27.8 Å². The molecule has 1 aliphatic carbocycles. The Morgan fingerprint density at radius 2 is 1.52 bits per heavy atom. The second-order valence-corrected chi connectivity index (χ2v) is 11.9. The molecule has 10 heteroatoms. The molecule has 0 saturated carbocycles. The van der Waals surface area contributed by atoms with Gasteiger partial charge in [0.15, 0.2) is 5.78 Å². The number of urea groups is 1. The van der Waals surface area contributed by atoms with E-state index >= 15 is 0 Å². The van der Waals surface area contributed by atoms with Crippen molar-refractivity contribution >= 4 is 45.4 Å². The van der Waals surface area contributed by atoms with Crippen LogP contribution in [0.25, 0.3) is 11.1 Å². The maximum atomic E-state index is 13.6. The Balaban J connectivity index is 1.40. The maximum Gasteiger partial charge on any atom is 0.407 e. The smallest absolute Gasteiger partial charge is 0.407 e. The number of ketones is 1. The third kappa shape index (κ3) is 8.47. The Morgan fingerprint density at radius 3 is 2.09 bits per heavy atom. The number of nitrogens with one attached hydrogen (secondary N) is 3. The Hall–Kier alpha value is -4.18. The summed E-state index contributed by atoms with van der Waals surface area (Å²) in [5, 5.41) is 8.86. The lowest BCUT2D eigenvalue weighted by Crippen LogP contribution is -2.46. The van der Waals surface area contributed by atoms with E-state index in [1.165, 1.54) is 0 Å². The van der Waals surface area contributed by atoms with Crippen molar-refractivity contribution in [1.29, 1.82) is 0 Å². The van der Waals surface area contributed by atoms with Crippen molar-refractivity contribution in [2.24, 2.45) is 17.6 Å². The summed E-state index contributed by atoms with van der Waals surface area (Å²) in [5.41, 5.74) is 11.3. The number of ether oxygens (including phenoxy) is 1. The van der Waals surface area contributed by atoms with Gasteiger partial charge in [0.1, 0.15) is 6.61 Å². The van der Waals surface area contributed by atoms with Gasteiger partial charge in [-0.3, -0.25) is 9.59 Å². The minimum absolute atomic E-state index is 0.0889. The number of hydrogen-bond donors (Lipinski definition) is 4. The zero-order valence-electron chi connectivity index (χ0n) is 25.0. The molecule has 0 unspecified atom stereocenters. The van der Waals surface area contributed by atoms with E-state index in [4.69, 9.17) is 10.5 Å². The minimum atomic E-state index is -0.845. The lowest BCUT2D eigenvalue weighted by molar-refractivity contribution is -0.128. The normalized spacial score (nSPS) is 13.4. The van der Waals surface area contributed by atoms with Crippen LogP contribution in [0.4, 0.5) is 15.3 Å². The highest BCUT2D eigenvalue weighted by molar-refractivity contribution is 9.08. The average Bonchev–Trinajstić information content (AvgIpc) is 3.33. The molecule has 232 valence electrons. The number of carbonyl (C=O) groups excluding carboxylic acids is 4. The molecule has 0 saturated heterocycles. The Bertz CT molecular complexity index is 1430. The molecule has 0 heterocycles. The second-order valence-electron chi connectivity index (χ2n) is 11.3. The van der Waals surface area contributed by atoms with Crippen LogP contribution >= 0.6 is 15.9 Å². The number of alkyl carbamates (subject to hydrolysis) is 1. The number of amides is 4. The van der Waals surface area contributed by atoms with Gasteiger partial charge in [0, 0.05) is 35.8 Å². The van der Waals surface area contributed by atoms with Crippen molar-refractivity contribution in [3.05, 3.63) is 89.5 Å². The fraction of sp³-hybridized carbons (Fsp3) is 0.353. The number of benzene rings is 3. The van der Waals surface area contributed by atoms with Crippen LogP contribution in [0.15, 0.2) is 72.8 Å². The highest BCUT2D eigenvalue weighted by atomic mass is 79.9. The van der Waals surface area contributed by atoms with Crippen LogP contribution in [0.3, 0.4) is 0 Å². The summed E-state index contributed by atoms with van der Waals surface area (Å²) >= 11 is 3.41. The number of alkyl halides is 1. The summed E-state index contributed by atoms with van der Waals surface area (Å²) in [6.45, 7) is 4.08. The van der Waals surface area contributed by atoms with Crippen molar-refractivity contribution in [3.63, 3.8) is 0 Å². The highest BCUT2D eigenvalue weighted by Crippen LogP contribution is 2.44. The van der Waals surface area contributed by atoms with Gasteiger partial charge < -0.3 is 26.4 Å². The quantitative estimate of drug-likeness (QED) is 0.122. The van der Waals surface area contributed by atoms with Gasteiger partial charge in [0.25, 0.3) is 0 Å². The summed E-state index contributed by atoms with van der Waals surface area (Å²) in [7, 11) is 0. The monoisotopic (exact) mass is 662 g/mol. The van der Waals surface area contributed by atoms with Crippen LogP contribution in [-0.2, 0) is 19.7 Å². The van der Waals surface area contributed by atoms with E-state index < -0.39 is 24.1 Å². The summed E-state index contributed by atoms with van der Waals surface area (Å²) in [4.78, 5) is 51.0. The van der Waals surface area contributed by atoms with Gasteiger partial charge in [-0.25, -0.2) is 9.59 Å². The van der Waals surface area contributed by atoms with E-state index in [1.807, 2.05) is 62.4 Å². The standard InChI is InChI=1S/C34H39BrN4O5/c1-21(2)31(39-34(43)44-20-29-27-11-5-3-9-25(27)26-10-4-6-12-28(26)29)30(40)18-23(8-7-17-37-33(36)42)32(41)38-24-15-13-22(19-35)14-16-24/h3-6,9-16,21,23,29,31H,7-8,17-20H2,1-2H3,(H,38,41)(H,39,43)(H3,36,37,42)/t23-,31+/m1/s1. The number of rotatable bonds is 14. The van der Waals surface area contributed by atoms with Gasteiger partial charge in [-0.1, -0.05) is 90.4 Å². The van der Waals surface area contributed by atoms with E-state index in [0.29, 0.717) is 23.9 Å². The van der Waals surface area contributed by atoms with Gasteiger partial charge in [-0.05, 0) is 58.7 Å². The van der Waals surface area contributed by atoms with Gasteiger partial charge in [0.2, 0.25) is 5.91 Å². The SMILES string of the molecule is CC(C)[C@H](NC(=O)OCC1c2ccccc2-c2ccccc21)C(=O)C[C@@H](CCCNC(N)=O)C(=O)Nc1ccc(CBr)cc1. The van der Waals surface area contributed by atoms with Crippen LogP contribution in [0.2, 0.25) is 0 Å². The van der Waals surface area contributed by atoms with Crippen molar-refractivity contribution in [1.82, 2.24) is 10.6 Å². The Labute approximate surface area is 266 Å². The molecule has 0 aliphatic heterocycles. The van der Waals surface area contributed by atoms with E-state index in [1.54, 1.807) is 12.1 Å². The maximum absolute atomic E-state index is 13.6. The Morgan fingerprint density at radius 1 is 0.909 bits per heavy atom. The molecule has 3 aromatic carbocycles. The van der Waals surface area contributed by atoms with Gasteiger partial charge in [-0.2, -0.15) is 0 Å². The third-order valence-electron chi connectivity index (χ3n) is 7.85. The van der Waals surface area contributed by atoms with Crippen LogP contribution in [-0.4, -0.2) is 43.0 Å². The molecule has 2 atom stereocenters. The van der Waals surface area contributed by atoms with Gasteiger partial charge >= 0.3 is 12.1 Å². The summed E-state index contributed by atoms with van der Waals surface area (Å²) in [6.07, 6.45) is 0.0160. The molecular formula is C34H39BrN4O5. The van der Waals surface area contributed by atoms with Crippen LogP contribution in [0.1, 0.15) is 55.7 Å². The van der Waals surface area contributed by atoms with Crippen molar-refractivity contribution in [3.8, 4) is 11.1 Å². The summed E-state index contributed by atoms with van der Waals surface area (Å²) < 4.78 is 5.69. The predicted octanol–water partition coefficient (Wildman–Crippen LogP) is 6.11. The minimum Gasteiger partial charge on any atom is -0.449 e. The molecule has 3 aromatic rings. The number of Topliss-reactive ketones (excluding diaryl/α,β-unsaturated/α-hetero) is 1. The lowest BCUT2D eigenvalue weighted by atomic mass is 9.89. The molecule has 0 aromatic heterocycles. The molecule has 4 amide bonds. The number of carbonyl (C=O) groups is 4. The first-order chi connectivity index (χ1) is 21.2. The van der Waals surface area contributed by atoms with E-state index in [9.17, 15) is 19.2 Å². The van der Waals surface area contributed by atoms with Crippen molar-refractivity contribution in [2.45, 2.75) is 50.4 Å². The fourth-order valence-electron chi connectivity index (χ4n) is 5.56. The summed E-state index contributed by atoms with van der Waals surface area (Å²) in [5.74, 6) is -1.61. The third-order valence-corrected chi connectivity index (χ3v) is 8.50.